The Balaban J connectivity index is 1.73. The Morgan fingerprint density at radius 1 is 1.10 bits per heavy atom. The van der Waals surface area contributed by atoms with Crippen LogP contribution in [0.3, 0.4) is 0 Å². The zero-order valence-electron chi connectivity index (χ0n) is 21.7. The lowest BCUT2D eigenvalue weighted by atomic mass is 9.92. The Labute approximate surface area is 227 Å². The number of rotatable bonds is 9. The lowest BCUT2D eigenvalue weighted by molar-refractivity contribution is -0.137. The molecule has 0 saturated carbocycles. The van der Waals surface area contributed by atoms with Crippen molar-refractivity contribution in [2.24, 2.45) is 0 Å². The van der Waals surface area contributed by atoms with Crippen molar-refractivity contribution in [1.82, 2.24) is 15.0 Å². The summed E-state index contributed by atoms with van der Waals surface area (Å²) in [5.41, 5.74) is -0.164. The summed E-state index contributed by atoms with van der Waals surface area (Å²) in [7, 11) is -3.24. The number of anilines is 4. The number of halogens is 3. The van der Waals surface area contributed by atoms with Gasteiger partial charge in [-0.1, -0.05) is 32.0 Å². The first-order valence-corrected chi connectivity index (χ1v) is 13.7. The van der Waals surface area contributed by atoms with Gasteiger partial charge < -0.3 is 25.2 Å². The number of hydroxylamine groups is 2. The number of amides is 1. The first-order valence-electron chi connectivity index (χ1n) is 12.1. The van der Waals surface area contributed by atoms with Crippen LogP contribution in [0.1, 0.15) is 53.7 Å². The molecular weight excluding hydrogens is 554 g/mol. The summed E-state index contributed by atoms with van der Waals surface area (Å²) < 4.78 is 59.2. The molecule has 2 heterocycles. The van der Waals surface area contributed by atoms with E-state index in [2.05, 4.69) is 20.6 Å². The van der Waals surface area contributed by atoms with Gasteiger partial charge >= 0.3 is 13.8 Å². The van der Waals surface area contributed by atoms with Gasteiger partial charge in [0.05, 0.1) is 35.7 Å². The van der Waals surface area contributed by atoms with Crippen molar-refractivity contribution in [3.63, 3.8) is 0 Å². The van der Waals surface area contributed by atoms with Gasteiger partial charge in [-0.05, 0) is 42.2 Å². The smallest absolute Gasteiger partial charge is 0.421 e. The number of alkyl halides is 3. The number of carbonyl (C=O) groups excluding carboxylic acids is 1. The summed E-state index contributed by atoms with van der Waals surface area (Å²) in [4.78, 5) is 40.3. The lowest BCUT2D eigenvalue weighted by Gasteiger charge is -2.33. The van der Waals surface area contributed by atoms with Crippen molar-refractivity contribution in [2.75, 3.05) is 17.7 Å². The highest BCUT2D eigenvalue weighted by molar-refractivity contribution is 7.53. The zero-order chi connectivity index (χ0) is 29.5. The summed E-state index contributed by atoms with van der Waals surface area (Å²) in [6.45, 7) is 3.22. The molecule has 1 aliphatic heterocycles. The van der Waals surface area contributed by atoms with E-state index in [-0.39, 0.29) is 48.0 Å². The van der Waals surface area contributed by atoms with Crippen LogP contribution in [0, 0.1) is 0 Å². The predicted octanol–water partition coefficient (Wildman–Crippen LogP) is 5.53. The fraction of sp³-hybridized carbons (Fsp3) is 0.320. The van der Waals surface area contributed by atoms with E-state index in [9.17, 15) is 37.5 Å². The fourth-order valence-electron chi connectivity index (χ4n) is 4.77. The molecule has 0 fully saturated rings. The van der Waals surface area contributed by atoms with E-state index in [1.165, 1.54) is 37.4 Å². The number of nitrogens with zero attached hydrogens (tertiary/aromatic N) is 3. The van der Waals surface area contributed by atoms with Gasteiger partial charge in [0, 0.05) is 6.20 Å². The molecule has 214 valence electrons. The van der Waals surface area contributed by atoms with Crippen molar-refractivity contribution in [2.45, 2.75) is 44.6 Å². The topological polar surface area (TPSA) is 157 Å². The van der Waals surface area contributed by atoms with Crippen molar-refractivity contribution in [3.8, 4) is 5.75 Å². The molecule has 15 heteroatoms. The van der Waals surface area contributed by atoms with Crippen molar-refractivity contribution < 1.29 is 42.3 Å². The maximum absolute atomic E-state index is 13.8. The number of carbonyl (C=O) groups is 1. The molecule has 0 aliphatic carbocycles. The van der Waals surface area contributed by atoms with Crippen molar-refractivity contribution >= 4 is 36.6 Å². The van der Waals surface area contributed by atoms with Gasteiger partial charge in [0.25, 0.3) is 5.91 Å². The molecule has 40 heavy (non-hydrogen) atoms. The minimum atomic E-state index is -4.84. The third-order valence-electron chi connectivity index (χ3n) is 6.98. The normalized spacial score (nSPS) is 13.8. The largest absolute Gasteiger partial charge is 0.495 e. The number of aromatic nitrogens is 2. The summed E-state index contributed by atoms with van der Waals surface area (Å²) in [5.74, 6) is -1.51. The monoisotopic (exact) mass is 581 g/mol. The number of benzene rings is 2. The van der Waals surface area contributed by atoms with E-state index in [0.717, 1.165) is 0 Å². The van der Waals surface area contributed by atoms with E-state index in [4.69, 9.17) is 4.74 Å². The molecule has 1 aromatic heterocycles. The van der Waals surface area contributed by atoms with Gasteiger partial charge in [0.2, 0.25) is 5.95 Å². The molecule has 0 radical (unpaired) electrons. The van der Waals surface area contributed by atoms with Gasteiger partial charge in [-0.2, -0.15) is 18.2 Å². The summed E-state index contributed by atoms with van der Waals surface area (Å²) >= 11 is 0. The third-order valence-corrected chi connectivity index (χ3v) is 8.98. The van der Waals surface area contributed by atoms with Crippen LogP contribution in [0.25, 0.3) is 0 Å². The number of methoxy groups -OCH3 is 1. The maximum Gasteiger partial charge on any atom is 0.421 e. The molecule has 0 saturated heterocycles. The average Bonchev–Trinajstić information content (AvgIpc) is 3.18. The van der Waals surface area contributed by atoms with Gasteiger partial charge in [-0.15, -0.1) is 0 Å². The Bertz CT molecular complexity index is 1490. The van der Waals surface area contributed by atoms with E-state index < -0.39 is 36.2 Å². The van der Waals surface area contributed by atoms with E-state index >= 15 is 0 Å². The molecule has 0 spiro atoms. The number of fused-ring (bicyclic) bond motifs is 1. The first kappa shape index (κ1) is 29.3. The molecule has 2 aromatic carbocycles. The Kier molecular flexibility index (Phi) is 7.83. The van der Waals surface area contributed by atoms with Gasteiger partial charge in [-0.25, -0.2) is 10.0 Å². The summed E-state index contributed by atoms with van der Waals surface area (Å²) in [6.07, 6.45) is -3.95. The molecule has 3 aromatic rings. The first-order chi connectivity index (χ1) is 18.8. The van der Waals surface area contributed by atoms with Crippen LogP contribution in [0.5, 0.6) is 5.75 Å². The minimum Gasteiger partial charge on any atom is -0.495 e. The summed E-state index contributed by atoms with van der Waals surface area (Å²) in [5, 5.41) is 14.1. The Morgan fingerprint density at radius 3 is 2.40 bits per heavy atom. The van der Waals surface area contributed by atoms with Crippen LogP contribution >= 0.6 is 7.60 Å². The standard InChI is InChI=1S/C25H27F3N5O6P/c1-4-24(5-2,40(36,37)38)15-9-10-17(19(11-15)39-3)31-23-29-12-16(25(26,27)28)21(32-23)30-18-8-6-7-14-13-33(35)22(34)20(14)18/h6-12,35H,4-5,13H2,1-3H3,(H2,36,37,38)(H2,29,30,31,32). The van der Waals surface area contributed by atoms with E-state index in [0.29, 0.717) is 22.4 Å². The molecule has 0 atom stereocenters. The summed E-state index contributed by atoms with van der Waals surface area (Å²) in [6, 6.07) is 8.91. The molecular formula is C25H27F3N5O6P. The van der Waals surface area contributed by atoms with E-state index in [1.54, 1.807) is 19.9 Å². The number of ether oxygens (including phenoxy) is 1. The van der Waals surface area contributed by atoms with Crippen LogP contribution in [0.15, 0.2) is 42.6 Å². The van der Waals surface area contributed by atoms with Crippen molar-refractivity contribution in [1.29, 1.82) is 0 Å². The molecule has 5 N–H and O–H groups in total. The van der Waals surface area contributed by atoms with Gasteiger partial charge in [0.1, 0.15) is 17.1 Å². The van der Waals surface area contributed by atoms with Crippen molar-refractivity contribution in [3.05, 3.63) is 64.8 Å². The second-order valence-corrected chi connectivity index (χ2v) is 11.0. The highest BCUT2D eigenvalue weighted by atomic mass is 31.2. The second-order valence-electron chi connectivity index (χ2n) is 9.10. The van der Waals surface area contributed by atoms with Crippen LogP contribution in [0.4, 0.5) is 36.3 Å². The SMILES string of the molecule is CCC(CC)(c1ccc(Nc2ncc(C(F)(F)F)c(Nc3cccc4c3C(=O)N(O)C4)n2)c(OC)c1)P(=O)(O)O. The van der Waals surface area contributed by atoms with Crippen LogP contribution in [0.2, 0.25) is 0 Å². The lowest BCUT2D eigenvalue weighted by Crippen LogP contribution is -2.24. The quantitative estimate of drug-likeness (QED) is 0.161. The van der Waals surface area contributed by atoms with E-state index in [1.807, 2.05) is 0 Å². The van der Waals surface area contributed by atoms with Gasteiger partial charge in [-0.3, -0.25) is 14.6 Å². The molecule has 1 amide bonds. The second kappa shape index (κ2) is 10.7. The van der Waals surface area contributed by atoms with Crippen LogP contribution in [-0.2, 0) is 22.4 Å². The molecule has 0 unspecified atom stereocenters. The third kappa shape index (κ3) is 5.22. The number of nitrogens with one attached hydrogen (secondary N) is 2. The molecule has 1 aliphatic rings. The molecule has 11 nitrogen and oxygen atoms in total. The highest BCUT2D eigenvalue weighted by Crippen LogP contribution is 2.61. The zero-order valence-corrected chi connectivity index (χ0v) is 22.5. The van der Waals surface area contributed by atoms with Crippen LogP contribution in [-0.4, -0.2) is 43.0 Å². The fourth-order valence-corrected chi connectivity index (χ4v) is 6.07. The van der Waals surface area contributed by atoms with Crippen LogP contribution < -0.4 is 15.4 Å². The minimum absolute atomic E-state index is 0.0175. The molecule has 0 bridgehead atoms. The predicted molar refractivity (Wildman–Crippen MR) is 139 cm³/mol. The highest BCUT2D eigenvalue weighted by Gasteiger charge is 2.45. The average molecular weight is 581 g/mol. The Hall–Kier alpha value is -3.71. The maximum atomic E-state index is 13.8. The van der Waals surface area contributed by atoms with Gasteiger partial charge in [0.15, 0.2) is 0 Å². The molecule has 4 rings (SSSR count). The number of hydrogen-bond donors (Lipinski definition) is 5. The number of hydrogen-bond acceptors (Lipinski definition) is 8. The Morgan fingerprint density at radius 2 is 1.80 bits per heavy atom.